The number of halogens is 2. The summed E-state index contributed by atoms with van der Waals surface area (Å²) in [6, 6.07) is 9.01. The van der Waals surface area contributed by atoms with Crippen LogP contribution in [0.1, 0.15) is 38.4 Å². The number of nitrogens with one attached hydrogen (secondary N) is 3. The van der Waals surface area contributed by atoms with E-state index in [1.54, 1.807) is 32.0 Å². The minimum atomic E-state index is -3.90. The lowest BCUT2D eigenvalue weighted by atomic mass is 10.0. The van der Waals surface area contributed by atoms with Crippen LogP contribution in [0.2, 0.25) is 10.0 Å². The average Bonchev–Trinajstić information content (AvgIpc) is 3.38. The van der Waals surface area contributed by atoms with Gasteiger partial charge >= 0.3 is 0 Å². The molecule has 0 unspecified atom stereocenters. The molecule has 0 atom stereocenters. The Morgan fingerprint density at radius 2 is 1.68 bits per heavy atom. The quantitative estimate of drug-likeness (QED) is 0.203. The summed E-state index contributed by atoms with van der Waals surface area (Å²) in [7, 11) is -3.90. The number of aliphatic hydroxyl groups excluding tert-OH is 3. The van der Waals surface area contributed by atoms with Crippen LogP contribution in [0.3, 0.4) is 0 Å². The molecule has 10 nitrogen and oxygen atoms in total. The van der Waals surface area contributed by atoms with Crippen LogP contribution in [0.25, 0.3) is 11.6 Å². The lowest BCUT2D eigenvalue weighted by molar-refractivity contribution is -0.110. The van der Waals surface area contributed by atoms with E-state index in [4.69, 9.17) is 23.2 Å². The van der Waals surface area contributed by atoms with Gasteiger partial charge in [0.15, 0.2) is 9.84 Å². The zero-order chi connectivity index (χ0) is 29.4. The maximum absolute atomic E-state index is 13.3. The fraction of sp³-hybridized carbons (Fsp3) is 0.259. The number of aryl methyl sites for hydroxylation is 1. The van der Waals surface area contributed by atoms with Gasteiger partial charge in [-0.05, 0) is 55.8 Å². The molecule has 40 heavy (non-hydrogen) atoms. The molecule has 0 radical (unpaired) electrons. The van der Waals surface area contributed by atoms with Gasteiger partial charge in [-0.2, -0.15) is 0 Å². The molecule has 0 fully saturated rings. The van der Waals surface area contributed by atoms with Gasteiger partial charge in [0.1, 0.15) is 5.54 Å². The topological polar surface area (TPSA) is 169 Å². The van der Waals surface area contributed by atoms with E-state index in [2.05, 4.69) is 15.6 Å². The summed E-state index contributed by atoms with van der Waals surface area (Å²) >= 11 is 12.4. The Hall–Kier alpha value is -3.19. The number of aromatic amines is 1. The number of carbonyl (C=O) groups is 2. The van der Waals surface area contributed by atoms with Gasteiger partial charge in [-0.15, -0.1) is 0 Å². The Morgan fingerprint density at radius 1 is 1.05 bits per heavy atom. The van der Waals surface area contributed by atoms with Gasteiger partial charge in [-0.25, -0.2) is 8.42 Å². The largest absolute Gasteiger partial charge is 0.394 e. The summed E-state index contributed by atoms with van der Waals surface area (Å²) in [5.41, 5.74) is 1.13. The molecule has 1 aliphatic rings. The van der Waals surface area contributed by atoms with E-state index in [1.807, 2.05) is 0 Å². The first-order chi connectivity index (χ1) is 18.9. The minimum Gasteiger partial charge on any atom is -0.394 e. The van der Waals surface area contributed by atoms with Crippen molar-refractivity contribution >= 4 is 62.2 Å². The summed E-state index contributed by atoms with van der Waals surface area (Å²) in [5, 5.41) is 34.3. The van der Waals surface area contributed by atoms with Crippen molar-refractivity contribution < 1.29 is 33.3 Å². The molecule has 2 heterocycles. The molecule has 0 spiro atoms. The zero-order valence-electron chi connectivity index (χ0n) is 21.5. The lowest BCUT2D eigenvalue weighted by Crippen LogP contribution is -2.57. The second-order valence-electron chi connectivity index (χ2n) is 9.55. The Kier molecular flexibility index (Phi) is 8.46. The van der Waals surface area contributed by atoms with E-state index in [9.17, 15) is 33.3 Å². The molecule has 0 saturated heterocycles. The fourth-order valence-electron chi connectivity index (χ4n) is 4.42. The van der Waals surface area contributed by atoms with E-state index in [0.29, 0.717) is 28.2 Å². The minimum absolute atomic E-state index is 0.0301. The third-order valence-electron chi connectivity index (χ3n) is 6.81. The van der Waals surface area contributed by atoms with Crippen LogP contribution in [0, 0.1) is 13.8 Å². The molecule has 0 aliphatic carbocycles. The van der Waals surface area contributed by atoms with Gasteiger partial charge in [0, 0.05) is 38.2 Å². The summed E-state index contributed by atoms with van der Waals surface area (Å²) in [5.74, 6) is -1.54. The van der Waals surface area contributed by atoms with Crippen LogP contribution in [0.4, 0.5) is 5.69 Å². The standard InChI is InChI=1S/C27H27Cl2N3O7S/c1-14-23(30-15(2)24(14)26(37)32-27(11-33,12-34)13-35)9-18-17-8-16(6-7-22(17)31-25(18)36)40(38,39)10-19-20(28)4-3-5-21(19)29/h3-9,30,33-35H,10-13H2,1-2H3,(H,31,36)(H,32,37)/b18-9-. The van der Waals surface area contributed by atoms with Gasteiger partial charge in [0.2, 0.25) is 0 Å². The number of hydrogen-bond acceptors (Lipinski definition) is 7. The molecular weight excluding hydrogens is 581 g/mol. The number of carbonyl (C=O) groups excluding carboxylic acids is 2. The van der Waals surface area contributed by atoms with Crippen molar-refractivity contribution in [1.29, 1.82) is 0 Å². The monoisotopic (exact) mass is 607 g/mol. The number of rotatable bonds is 9. The average molecular weight is 609 g/mol. The van der Waals surface area contributed by atoms with Crippen molar-refractivity contribution in [2.45, 2.75) is 30.0 Å². The number of sulfone groups is 1. The predicted octanol–water partition coefficient (Wildman–Crippen LogP) is 2.85. The summed E-state index contributed by atoms with van der Waals surface area (Å²) in [4.78, 5) is 28.9. The van der Waals surface area contributed by atoms with E-state index in [-0.39, 0.29) is 31.6 Å². The first-order valence-corrected chi connectivity index (χ1v) is 14.4. The molecular formula is C27H27Cl2N3O7S. The number of fused-ring (bicyclic) bond motifs is 1. The molecule has 6 N–H and O–H groups in total. The maximum Gasteiger partial charge on any atom is 0.256 e. The fourth-order valence-corrected chi connectivity index (χ4v) is 6.54. The first kappa shape index (κ1) is 29.8. The van der Waals surface area contributed by atoms with E-state index >= 15 is 0 Å². The summed E-state index contributed by atoms with van der Waals surface area (Å²) < 4.78 is 26.5. The summed E-state index contributed by atoms with van der Waals surface area (Å²) in [6.07, 6.45) is 1.51. The third-order valence-corrected chi connectivity index (χ3v) is 9.16. The van der Waals surface area contributed by atoms with E-state index < -0.39 is 52.8 Å². The van der Waals surface area contributed by atoms with Crippen molar-refractivity contribution in [3.05, 3.63) is 80.1 Å². The van der Waals surface area contributed by atoms with Crippen molar-refractivity contribution in [3.63, 3.8) is 0 Å². The SMILES string of the molecule is Cc1[nH]c(/C=C2\C(=O)Nc3ccc(S(=O)(=O)Cc4c(Cl)cccc4Cl)cc32)c(C)c1C(=O)NC(CO)(CO)CO. The maximum atomic E-state index is 13.3. The molecule has 13 heteroatoms. The Labute approximate surface area is 240 Å². The number of aliphatic hydroxyl groups is 3. The predicted molar refractivity (Wildman–Crippen MR) is 152 cm³/mol. The van der Waals surface area contributed by atoms with Crippen LogP contribution >= 0.6 is 23.2 Å². The highest BCUT2D eigenvalue weighted by atomic mass is 35.5. The van der Waals surface area contributed by atoms with Crippen molar-refractivity contribution in [2.75, 3.05) is 25.1 Å². The molecule has 1 aromatic heterocycles. The highest BCUT2D eigenvalue weighted by Crippen LogP contribution is 2.37. The molecule has 2 amide bonds. The number of anilines is 1. The number of benzene rings is 2. The highest BCUT2D eigenvalue weighted by molar-refractivity contribution is 7.90. The Bertz CT molecular complexity index is 1620. The van der Waals surface area contributed by atoms with Crippen LogP contribution in [-0.4, -0.2) is 65.9 Å². The lowest BCUT2D eigenvalue weighted by Gasteiger charge is -2.28. The first-order valence-electron chi connectivity index (χ1n) is 12.0. The molecule has 3 aromatic rings. The van der Waals surface area contributed by atoms with Crippen molar-refractivity contribution in [2.24, 2.45) is 0 Å². The third kappa shape index (κ3) is 5.53. The molecule has 212 valence electrons. The van der Waals surface area contributed by atoms with Gasteiger partial charge in [0.05, 0.1) is 41.6 Å². The summed E-state index contributed by atoms with van der Waals surface area (Å²) in [6.45, 7) is 1.23. The van der Waals surface area contributed by atoms with Gasteiger partial charge in [-0.3, -0.25) is 9.59 Å². The van der Waals surface area contributed by atoms with E-state index in [0.717, 1.165) is 0 Å². The van der Waals surface area contributed by atoms with Crippen LogP contribution < -0.4 is 10.6 Å². The zero-order valence-corrected chi connectivity index (χ0v) is 23.8. The normalized spacial score (nSPS) is 14.4. The Morgan fingerprint density at radius 3 is 2.27 bits per heavy atom. The number of H-pyrrole nitrogens is 1. The number of hydrogen-bond donors (Lipinski definition) is 6. The molecule has 1 aliphatic heterocycles. The molecule has 2 aromatic carbocycles. The second-order valence-corrected chi connectivity index (χ2v) is 12.4. The van der Waals surface area contributed by atoms with Gasteiger partial charge in [-0.1, -0.05) is 29.3 Å². The molecule has 0 saturated carbocycles. The van der Waals surface area contributed by atoms with Crippen molar-refractivity contribution in [1.82, 2.24) is 10.3 Å². The van der Waals surface area contributed by atoms with Gasteiger partial charge in [0.25, 0.3) is 11.8 Å². The van der Waals surface area contributed by atoms with Crippen LogP contribution in [0.5, 0.6) is 0 Å². The Balaban J connectivity index is 1.71. The second kappa shape index (κ2) is 11.4. The number of aromatic nitrogens is 1. The molecule has 0 bridgehead atoms. The van der Waals surface area contributed by atoms with Crippen LogP contribution in [0.15, 0.2) is 41.3 Å². The van der Waals surface area contributed by atoms with Crippen LogP contribution in [-0.2, 0) is 20.4 Å². The van der Waals surface area contributed by atoms with Crippen molar-refractivity contribution in [3.8, 4) is 0 Å². The highest BCUT2D eigenvalue weighted by Gasteiger charge is 2.33. The number of amides is 2. The molecule has 4 rings (SSSR count). The van der Waals surface area contributed by atoms with E-state index in [1.165, 1.54) is 24.3 Å². The smallest absolute Gasteiger partial charge is 0.256 e. The van der Waals surface area contributed by atoms with Gasteiger partial charge < -0.3 is 30.9 Å².